The minimum Gasteiger partial charge on any atom is -0.311 e. The topological polar surface area (TPSA) is 29.4 Å². The molecule has 7 nitrogen and oxygen atoms in total. The lowest BCUT2D eigenvalue weighted by molar-refractivity contribution is 1.16. The molecular formula is C138H97N7. The van der Waals surface area contributed by atoms with Gasteiger partial charge in [0.1, 0.15) is 0 Å². The van der Waals surface area contributed by atoms with Gasteiger partial charge in [-0.3, -0.25) is 0 Å². The summed E-state index contributed by atoms with van der Waals surface area (Å²) >= 11 is 0. The third-order valence-corrected chi connectivity index (χ3v) is 28.1. The first-order valence-corrected chi connectivity index (χ1v) is 49.6. The number of fused-ring (bicyclic) bond motifs is 12. The Labute approximate surface area is 843 Å². The molecule has 0 saturated heterocycles. The van der Waals surface area contributed by atoms with Crippen LogP contribution in [0.25, 0.3) is 177 Å². The van der Waals surface area contributed by atoms with Gasteiger partial charge < -0.3 is 33.0 Å². The molecule has 0 unspecified atom stereocenters. The van der Waals surface area contributed by atoms with Crippen LogP contribution in [-0.2, 0) is 0 Å². The highest BCUT2D eigenvalue weighted by Gasteiger charge is 2.23. The molecule has 4 heterocycles. The minimum absolute atomic E-state index is 1.08. The molecule has 0 saturated carbocycles. The number of hydrogen-bond acceptors (Lipinski definition) is 3. The molecule has 0 fully saturated rings. The number of benzene rings is 23. The zero-order chi connectivity index (χ0) is 96.3. The highest BCUT2D eigenvalue weighted by Crippen LogP contribution is 2.46. The van der Waals surface area contributed by atoms with E-state index in [2.05, 4.69) is 621 Å². The van der Waals surface area contributed by atoms with E-state index >= 15 is 0 Å². The lowest BCUT2D eigenvalue weighted by Gasteiger charge is -2.26. The number of rotatable bonds is 19. The van der Waals surface area contributed by atoms with Gasteiger partial charge in [0.15, 0.2) is 0 Å². The molecule has 27 aromatic rings. The van der Waals surface area contributed by atoms with Gasteiger partial charge in [0.05, 0.1) is 44.1 Å². The Morgan fingerprint density at radius 1 is 0.0966 bits per heavy atom. The van der Waals surface area contributed by atoms with Crippen LogP contribution >= 0.6 is 0 Å². The van der Waals surface area contributed by atoms with Crippen molar-refractivity contribution in [3.05, 3.63) is 588 Å². The minimum atomic E-state index is 1.08. The first-order chi connectivity index (χ1) is 71.9. The monoisotopic (exact) mass is 1850 g/mol. The number of aromatic nitrogens is 4. The molecule has 27 rings (SSSR count). The van der Waals surface area contributed by atoms with Crippen LogP contribution in [0.4, 0.5) is 51.2 Å². The van der Waals surface area contributed by atoms with Crippen LogP contribution in [0, 0.1) is 0 Å². The fraction of sp³-hybridized carbons (Fsp3) is 0. The third-order valence-electron chi connectivity index (χ3n) is 28.1. The van der Waals surface area contributed by atoms with Crippen LogP contribution in [-0.4, -0.2) is 18.3 Å². The molecule has 0 radical (unpaired) electrons. The summed E-state index contributed by atoms with van der Waals surface area (Å²) in [4.78, 5) is 6.99. The van der Waals surface area contributed by atoms with Gasteiger partial charge in [0, 0.05) is 117 Å². The van der Waals surface area contributed by atoms with Crippen LogP contribution in [0.2, 0.25) is 0 Å². The van der Waals surface area contributed by atoms with Crippen molar-refractivity contribution in [3.63, 3.8) is 0 Å². The quantitative estimate of drug-likeness (QED) is 0.0808. The third kappa shape index (κ3) is 16.9. The van der Waals surface area contributed by atoms with Gasteiger partial charge in [0.2, 0.25) is 0 Å². The summed E-state index contributed by atoms with van der Waals surface area (Å²) in [5.74, 6) is 0. The summed E-state index contributed by atoms with van der Waals surface area (Å²) in [6, 6.07) is 211. The number of anilines is 9. The van der Waals surface area contributed by atoms with Crippen LogP contribution < -0.4 is 14.7 Å². The molecule has 0 N–H and O–H groups in total. The Morgan fingerprint density at radius 2 is 0.241 bits per heavy atom. The predicted molar refractivity (Wildman–Crippen MR) is 613 cm³/mol. The maximum atomic E-state index is 2.37. The summed E-state index contributed by atoms with van der Waals surface area (Å²) in [6.07, 6.45) is 0. The zero-order valence-electron chi connectivity index (χ0n) is 79.6. The van der Waals surface area contributed by atoms with Crippen molar-refractivity contribution in [1.29, 1.82) is 0 Å². The second-order valence-electron chi connectivity index (χ2n) is 36.7. The molecule has 23 aromatic carbocycles. The number of para-hydroxylation sites is 9. The Balaban J connectivity index is 0.000000117. The fourth-order valence-electron chi connectivity index (χ4n) is 21.2. The maximum absolute atomic E-state index is 2.37. The molecule has 0 bridgehead atoms. The molecule has 7 heteroatoms. The summed E-state index contributed by atoms with van der Waals surface area (Å²) in [5, 5.41) is 10.1. The van der Waals surface area contributed by atoms with Crippen molar-refractivity contribution in [2.45, 2.75) is 0 Å². The summed E-state index contributed by atoms with van der Waals surface area (Å²) < 4.78 is 9.49. The first-order valence-electron chi connectivity index (χ1n) is 49.6. The van der Waals surface area contributed by atoms with Crippen LogP contribution in [0.1, 0.15) is 0 Å². The molecular weight excluding hydrogens is 1760 g/mol. The van der Waals surface area contributed by atoms with Gasteiger partial charge in [-0.1, -0.05) is 376 Å². The van der Waals surface area contributed by atoms with Crippen molar-refractivity contribution in [1.82, 2.24) is 18.3 Å². The zero-order valence-corrected chi connectivity index (χ0v) is 79.6. The van der Waals surface area contributed by atoms with E-state index in [0.29, 0.717) is 0 Å². The summed E-state index contributed by atoms with van der Waals surface area (Å²) in [7, 11) is 0. The second kappa shape index (κ2) is 38.8. The lowest BCUT2D eigenvalue weighted by atomic mass is 9.98. The Bertz CT molecular complexity index is 8520. The fourth-order valence-corrected chi connectivity index (χ4v) is 21.2. The Morgan fingerprint density at radius 3 is 0.476 bits per heavy atom. The smallest absolute Gasteiger partial charge is 0.0541 e. The van der Waals surface area contributed by atoms with Crippen LogP contribution in [0.15, 0.2) is 588 Å². The molecule has 0 aliphatic rings. The standard InChI is InChI=1S/C54H36N4.C48H34N2.C36H27N/c1-7-19-49-43(13-1)44-14-2-8-20-50(44)56(49)40-31-25-37(26-32-40)55(38-27-33-41(34-28-38)57-51-21-9-3-15-45(51)46-16-4-10-22-52(46)57)39-29-35-42(36-30-39)58-53-23-11-5-17-47(53)48-18-6-12-24-54(48)58;1-4-12-35(13-5-1)37-24-29-43(30-25-37)49(41-14-6-2-7-15-41)44-31-26-38(27-32-44)36-20-22-39(23-21-36)40-28-33-48-46(34-40)45-18-10-11-19-47(45)50(48)42-16-8-3-9-17-42;1-4-10-28(11-5-1)31-16-22-34(23-17-31)37(35-24-18-32(19-25-35)29-12-6-2-7-13-29)36-26-20-33(21-27-36)30-14-8-3-9-15-30/h1-36H;1-34H;1-27H. The van der Waals surface area contributed by atoms with E-state index in [0.717, 1.165) is 68.2 Å². The highest BCUT2D eigenvalue weighted by molar-refractivity contribution is 6.13. The van der Waals surface area contributed by atoms with Gasteiger partial charge in [-0.15, -0.1) is 0 Å². The summed E-state index contributed by atoms with van der Waals surface area (Å²) in [5.41, 5.74) is 38.7. The average Bonchev–Trinajstić information content (AvgIpc) is 1.59. The van der Waals surface area contributed by atoms with Gasteiger partial charge in [-0.05, 0) is 279 Å². The lowest BCUT2D eigenvalue weighted by Crippen LogP contribution is -2.10. The van der Waals surface area contributed by atoms with Crippen molar-refractivity contribution in [3.8, 4) is 89.5 Å². The molecule has 0 amide bonds. The van der Waals surface area contributed by atoms with E-state index < -0.39 is 0 Å². The molecule has 145 heavy (non-hydrogen) atoms. The molecule has 0 aliphatic carbocycles. The molecule has 0 atom stereocenters. The van der Waals surface area contributed by atoms with E-state index in [1.54, 1.807) is 0 Å². The van der Waals surface area contributed by atoms with Crippen LogP contribution in [0.3, 0.4) is 0 Å². The van der Waals surface area contributed by atoms with Gasteiger partial charge in [-0.25, -0.2) is 0 Å². The molecule has 0 aliphatic heterocycles. The number of hydrogen-bond donors (Lipinski definition) is 0. The van der Waals surface area contributed by atoms with E-state index in [1.165, 1.54) is 160 Å². The second-order valence-corrected chi connectivity index (χ2v) is 36.7. The Kier molecular flexibility index (Phi) is 23.3. The number of nitrogens with zero attached hydrogens (tertiary/aromatic N) is 7. The normalized spacial score (nSPS) is 11.3. The maximum Gasteiger partial charge on any atom is 0.0541 e. The average molecular weight is 1850 g/mol. The van der Waals surface area contributed by atoms with E-state index in [4.69, 9.17) is 0 Å². The molecule has 684 valence electrons. The predicted octanol–water partition coefficient (Wildman–Crippen LogP) is 37.9. The van der Waals surface area contributed by atoms with Crippen molar-refractivity contribution in [2.75, 3.05) is 14.7 Å². The van der Waals surface area contributed by atoms with Crippen molar-refractivity contribution in [2.24, 2.45) is 0 Å². The van der Waals surface area contributed by atoms with Gasteiger partial charge in [-0.2, -0.15) is 0 Å². The van der Waals surface area contributed by atoms with Crippen molar-refractivity contribution < 1.29 is 0 Å². The highest BCUT2D eigenvalue weighted by atomic mass is 15.2. The molecule has 0 spiro atoms. The van der Waals surface area contributed by atoms with E-state index in [-0.39, 0.29) is 0 Å². The van der Waals surface area contributed by atoms with Crippen molar-refractivity contribution >= 4 is 138 Å². The SMILES string of the molecule is c1ccc(-c2ccc(N(c3ccc(-c4ccccc4)cc3)c3ccc(-c4ccccc4)cc3)cc2)cc1.c1ccc(-c2ccc(N(c3ccccc3)c3ccc(-c4ccc(-c5ccc6c(c5)c5ccccc5n6-c5ccccc5)cc4)cc3)cc2)cc1.c1ccc2c(c1)c1ccccc1n2-c1ccc(N(c2ccc(-n3c4ccccc4c4ccccc43)cc2)c2ccc(-n3c4ccccc4c4ccccc43)cc2)cc1. The largest absolute Gasteiger partial charge is 0.311 e. The molecule has 4 aromatic heterocycles. The van der Waals surface area contributed by atoms with Gasteiger partial charge in [0.25, 0.3) is 0 Å². The van der Waals surface area contributed by atoms with E-state index in [9.17, 15) is 0 Å². The van der Waals surface area contributed by atoms with Crippen LogP contribution in [0.5, 0.6) is 0 Å². The first kappa shape index (κ1) is 87.2. The van der Waals surface area contributed by atoms with Gasteiger partial charge >= 0.3 is 0 Å². The summed E-state index contributed by atoms with van der Waals surface area (Å²) in [6.45, 7) is 0. The Hall–Kier alpha value is -19.3. The van der Waals surface area contributed by atoms with E-state index in [1.807, 2.05) is 0 Å².